The molecule has 0 aliphatic heterocycles. The van der Waals surface area contributed by atoms with Crippen molar-refractivity contribution in [3.05, 3.63) is 82.8 Å². The highest BCUT2D eigenvalue weighted by molar-refractivity contribution is 5.94. The third-order valence-corrected chi connectivity index (χ3v) is 3.87. The molecule has 132 valence electrons. The van der Waals surface area contributed by atoms with Crippen molar-refractivity contribution < 1.29 is 9.53 Å². The molecule has 0 aliphatic carbocycles. The van der Waals surface area contributed by atoms with E-state index >= 15 is 0 Å². The van der Waals surface area contributed by atoms with Crippen LogP contribution in [-0.4, -0.2) is 15.9 Å². The van der Waals surface area contributed by atoms with Crippen LogP contribution in [-0.2, 0) is 6.54 Å². The molecule has 1 aromatic carbocycles. The van der Waals surface area contributed by atoms with Crippen LogP contribution in [0.2, 0.25) is 0 Å². The Hall–Kier alpha value is -3.21. The van der Waals surface area contributed by atoms with Gasteiger partial charge in [-0.2, -0.15) is 0 Å². The molecule has 1 amide bonds. The Morgan fingerprint density at radius 1 is 1.04 bits per heavy atom. The Kier molecular flexibility index (Phi) is 5.27. The smallest absolute Gasteiger partial charge is 0.251 e. The van der Waals surface area contributed by atoms with Gasteiger partial charge in [-0.15, -0.1) is 0 Å². The average molecular weight is 347 g/mol. The molecule has 3 aromatic rings. The van der Waals surface area contributed by atoms with Crippen LogP contribution in [0.15, 0.2) is 54.9 Å². The van der Waals surface area contributed by atoms with Crippen LogP contribution < -0.4 is 10.1 Å². The van der Waals surface area contributed by atoms with Gasteiger partial charge in [-0.05, 0) is 51.1 Å². The predicted octanol–water partition coefficient (Wildman–Crippen LogP) is 4.12. The van der Waals surface area contributed by atoms with Gasteiger partial charge in [-0.25, -0.2) is 4.98 Å². The van der Waals surface area contributed by atoms with Gasteiger partial charge in [-0.3, -0.25) is 9.78 Å². The third-order valence-electron chi connectivity index (χ3n) is 3.87. The number of carbonyl (C=O) groups is 1. The van der Waals surface area contributed by atoms with Crippen LogP contribution in [0.4, 0.5) is 0 Å². The molecule has 1 N–H and O–H groups in total. The molecule has 2 heterocycles. The number of nitrogens with zero attached hydrogens (tertiary/aromatic N) is 2. The number of carbonyl (C=O) groups excluding carboxylic acids is 1. The molecule has 5 heteroatoms. The number of pyridine rings is 2. The van der Waals surface area contributed by atoms with E-state index in [4.69, 9.17) is 4.74 Å². The molecule has 0 unspecified atom stereocenters. The Labute approximate surface area is 153 Å². The predicted molar refractivity (Wildman–Crippen MR) is 100 cm³/mol. The Morgan fingerprint density at radius 2 is 1.81 bits per heavy atom. The zero-order chi connectivity index (χ0) is 18.5. The summed E-state index contributed by atoms with van der Waals surface area (Å²) in [5, 5.41) is 2.93. The molecular formula is C21H21N3O2. The van der Waals surface area contributed by atoms with Gasteiger partial charge in [0.25, 0.3) is 5.91 Å². The molecule has 0 saturated carbocycles. The summed E-state index contributed by atoms with van der Waals surface area (Å²) in [5.74, 6) is 0.943. The molecular weight excluding hydrogens is 326 g/mol. The molecule has 5 nitrogen and oxygen atoms in total. The van der Waals surface area contributed by atoms with Crippen LogP contribution in [0.5, 0.6) is 11.6 Å². The molecule has 0 atom stereocenters. The van der Waals surface area contributed by atoms with Crippen LogP contribution in [0.25, 0.3) is 0 Å². The molecule has 3 rings (SSSR count). The maximum atomic E-state index is 12.4. The lowest BCUT2D eigenvalue weighted by atomic mass is 10.1. The van der Waals surface area contributed by atoms with E-state index in [-0.39, 0.29) is 5.91 Å². The third kappa shape index (κ3) is 4.45. The highest BCUT2D eigenvalue weighted by atomic mass is 16.5. The Bertz CT molecular complexity index is 901. The van der Waals surface area contributed by atoms with Gasteiger partial charge in [0, 0.05) is 29.6 Å². The number of aromatic nitrogens is 2. The number of aryl methyl sites for hydroxylation is 3. The summed E-state index contributed by atoms with van der Waals surface area (Å²) in [6.07, 6.45) is 3.31. The topological polar surface area (TPSA) is 64.1 Å². The number of benzene rings is 1. The lowest BCUT2D eigenvalue weighted by molar-refractivity contribution is 0.0950. The fourth-order valence-corrected chi connectivity index (χ4v) is 2.66. The van der Waals surface area contributed by atoms with Crippen LogP contribution >= 0.6 is 0 Å². The van der Waals surface area contributed by atoms with Crippen LogP contribution in [0.1, 0.15) is 32.7 Å². The van der Waals surface area contributed by atoms with Crippen molar-refractivity contribution in [3.8, 4) is 11.6 Å². The number of ether oxygens (including phenoxy) is 1. The van der Waals surface area contributed by atoms with Crippen molar-refractivity contribution >= 4 is 5.91 Å². The van der Waals surface area contributed by atoms with Gasteiger partial charge in [-0.1, -0.05) is 23.3 Å². The van der Waals surface area contributed by atoms with Gasteiger partial charge in [0.05, 0.1) is 6.20 Å². The molecule has 0 aliphatic rings. The first-order valence-corrected chi connectivity index (χ1v) is 8.42. The largest absolute Gasteiger partial charge is 0.437 e. The number of hydrogen-bond acceptors (Lipinski definition) is 4. The summed E-state index contributed by atoms with van der Waals surface area (Å²) in [7, 11) is 0. The minimum Gasteiger partial charge on any atom is -0.437 e. The second kappa shape index (κ2) is 7.78. The maximum absolute atomic E-state index is 12.4. The average Bonchev–Trinajstić information content (AvgIpc) is 2.62. The Morgan fingerprint density at radius 3 is 2.50 bits per heavy atom. The normalized spacial score (nSPS) is 10.4. The summed E-state index contributed by atoms with van der Waals surface area (Å²) in [4.78, 5) is 20.9. The van der Waals surface area contributed by atoms with Crippen LogP contribution in [0, 0.1) is 20.8 Å². The van der Waals surface area contributed by atoms with E-state index in [0.717, 1.165) is 22.4 Å². The number of rotatable bonds is 5. The van der Waals surface area contributed by atoms with Gasteiger partial charge in [0.15, 0.2) is 0 Å². The molecule has 0 fully saturated rings. The SMILES string of the molecule is Cc1cc(C)cc(C(=O)NCc2cccnc2Oc2ccc(C)nc2)c1. The fourth-order valence-electron chi connectivity index (χ4n) is 2.66. The summed E-state index contributed by atoms with van der Waals surface area (Å²) >= 11 is 0. The van der Waals surface area contributed by atoms with E-state index in [1.807, 2.05) is 63.2 Å². The van der Waals surface area contributed by atoms with Gasteiger partial charge >= 0.3 is 0 Å². The second-order valence-electron chi connectivity index (χ2n) is 6.26. The maximum Gasteiger partial charge on any atom is 0.251 e. The van der Waals surface area contributed by atoms with E-state index in [9.17, 15) is 4.79 Å². The summed E-state index contributed by atoms with van der Waals surface area (Å²) < 4.78 is 5.82. The monoisotopic (exact) mass is 347 g/mol. The van der Waals surface area contributed by atoms with Crippen molar-refractivity contribution in [1.82, 2.24) is 15.3 Å². The van der Waals surface area contributed by atoms with Gasteiger partial charge < -0.3 is 10.1 Å². The van der Waals surface area contributed by atoms with Crippen molar-refractivity contribution in [2.45, 2.75) is 27.3 Å². The van der Waals surface area contributed by atoms with Gasteiger partial charge in [0.1, 0.15) is 5.75 Å². The van der Waals surface area contributed by atoms with Crippen molar-refractivity contribution in [1.29, 1.82) is 0 Å². The van der Waals surface area contributed by atoms with Crippen molar-refractivity contribution in [2.75, 3.05) is 0 Å². The zero-order valence-corrected chi connectivity index (χ0v) is 15.1. The minimum atomic E-state index is -0.122. The first kappa shape index (κ1) is 17.6. The molecule has 0 radical (unpaired) electrons. The second-order valence-corrected chi connectivity index (χ2v) is 6.26. The lowest BCUT2D eigenvalue weighted by Crippen LogP contribution is -2.23. The summed E-state index contributed by atoms with van der Waals surface area (Å²) in [6.45, 7) is 6.20. The summed E-state index contributed by atoms with van der Waals surface area (Å²) in [5.41, 5.74) is 4.49. The van der Waals surface area contributed by atoms with Crippen LogP contribution in [0.3, 0.4) is 0 Å². The molecule has 26 heavy (non-hydrogen) atoms. The van der Waals surface area contributed by atoms with E-state index in [0.29, 0.717) is 23.7 Å². The minimum absolute atomic E-state index is 0.122. The Balaban J connectivity index is 1.72. The van der Waals surface area contributed by atoms with E-state index < -0.39 is 0 Å². The standard InChI is InChI=1S/C21H21N3O2/c1-14-9-15(2)11-18(10-14)20(25)24-12-17-5-4-8-22-21(17)26-19-7-6-16(3)23-13-19/h4-11,13H,12H2,1-3H3,(H,24,25). The van der Waals surface area contributed by atoms with E-state index in [2.05, 4.69) is 15.3 Å². The molecule has 2 aromatic heterocycles. The number of hydrogen-bond donors (Lipinski definition) is 1. The van der Waals surface area contributed by atoms with Crippen molar-refractivity contribution in [3.63, 3.8) is 0 Å². The first-order chi connectivity index (χ1) is 12.5. The fraction of sp³-hybridized carbons (Fsp3) is 0.190. The van der Waals surface area contributed by atoms with Gasteiger partial charge in [0.2, 0.25) is 5.88 Å². The molecule has 0 spiro atoms. The van der Waals surface area contributed by atoms with E-state index in [1.165, 1.54) is 0 Å². The van der Waals surface area contributed by atoms with E-state index in [1.54, 1.807) is 12.4 Å². The number of amides is 1. The number of nitrogens with one attached hydrogen (secondary N) is 1. The highest BCUT2D eigenvalue weighted by Crippen LogP contribution is 2.22. The van der Waals surface area contributed by atoms with Crippen molar-refractivity contribution in [2.24, 2.45) is 0 Å². The first-order valence-electron chi connectivity index (χ1n) is 8.42. The zero-order valence-electron chi connectivity index (χ0n) is 15.1. The summed E-state index contributed by atoms with van der Waals surface area (Å²) in [6, 6.07) is 13.2. The lowest BCUT2D eigenvalue weighted by Gasteiger charge is -2.11. The molecule has 0 bridgehead atoms. The molecule has 0 saturated heterocycles. The quantitative estimate of drug-likeness (QED) is 0.754. The highest BCUT2D eigenvalue weighted by Gasteiger charge is 2.10.